The molecule has 1 aromatic heterocycles. The van der Waals surface area contributed by atoms with Gasteiger partial charge in [0, 0.05) is 31.0 Å². The van der Waals surface area contributed by atoms with Crippen LogP contribution in [0.5, 0.6) is 5.88 Å². The molecule has 0 bridgehead atoms. The lowest BCUT2D eigenvalue weighted by atomic mass is 9.94. The van der Waals surface area contributed by atoms with Gasteiger partial charge in [0.15, 0.2) is 0 Å². The normalized spacial score (nSPS) is 23.1. The zero-order valence-electron chi connectivity index (χ0n) is 10.7. The van der Waals surface area contributed by atoms with Gasteiger partial charge in [-0.25, -0.2) is 13.8 Å². The van der Waals surface area contributed by atoms with Gasteiger partial charge in [-0.3, -0.25) is 0 Å². The first-order valence-corrected chi connectivity index (χ1v) is 6.34. The minimum atomic E-state index is -2.60. The molecule has 100 valence electrons. The maximum Gasteiger partial charge on any atom is 0.251 e. The third-order valence-corrected chi connectivity index (χ3v) is 3.05. The van der Waals surface area contributed by atoms with Crippen molar-refractivity contribution in [3.8, 4) is 5.88 Å². The van der Waals surface area contributed by atoms with Crippen LogP contribution in [-0.2, 0) is 0 Å². The van der Waals surface area contributed by atoms with Gasteiger partial charge in [0.05, 0.1) is 0 Å². The van der Waals surface area contributed by atoms with Crippen LogP contribution in [0.15, 0.2) is 12.3 Å². The topological polar surface area (TPSA) is 35.0 Å². The summed E-state index contributed by atoms with van der Waals surface area (Å²) in [6, 6.07) is 1.62. The van der Waals surface area contributed by atoms with E-state index in [2.05, 4.69) is 9.97 Å². The summed E-state index contributed by atoms with van der Waals surface area (Å²) in [6.07, 6.45) is 2.08. The fraction of sp³-hybridized carbons (Fsp3) is 0.692. The van der Waals surface area contributed by atoms with Crippen molar-refractivity contribution >= 4 is 0 Å². The fourth-order valence-electron chi connectivity index (χ4n) is 2.10. The molecule has 1 aliphatic carbocycles. The Morgan fingerprint density at radius 2 is 2.22 bits per heavy atom. The largest absolute Gasteiger partial charge is 0.474 e. The molecule has 1 saturated carbocycles. The quantitative estimate of drug-likeness (QED) is 0.829. The van der Waals surface area contributed by atoms with Gasteiger partial charge in [-0.1, -0.05) is 13.8 Å². The molecule has 1 heterocycles. The molecule has 0 radical (unpaired) electrons. The molecule has 3 nitrogen and oxygen atoms in total. The van der Waals surface area contributed by atoms with Crippen LogP contribution in [0.1, 0.15) is 51.3 Å². The van der Waals surface area contributed by atoms with E-state index in [-0.39, 0.29) is 18.8 Å². The number of alkyl halides is 2. The number of aromatic nitrogens is 2. The molecule has 18 heavy (non-hydrogen) atoms. The lowest BCUT2D eigenvalue weighted by Crippen LogP contribution is -2.33. The van der Waals surface area contributed by atoms with Gasteiger partial charge >= 0.3 is 0 Å². The Hall–Kier alpha value is -1.26. The van der Waals surface area contributed by atoms with E-state index in [4.69, 9.17) is 4.74 Å². The van der Waals surface area contributed by atoms with Gasteiger partial charge in [-0.2, -0.15) is 4.98 Å². The van der Waals surface area contributed by atoms with Crippen LogP contribution < -0.4 is 4.74 Å². The molecule has 0 aromatic carbocycles. The smallest absolute Gasteiger partial charge is 0.251 e. The minimum Gasteiger partial charge on any atom is -0.474 e. The number of nitrogens with zero attached hydrogens (tertiary/aromatic N) is 2. The average molecular weight is 256 g/mol. The summed E-state index contributed by atoms with van der Waals surface area (Å²) in [4.78, 5) is 8.36. The number of hydrogen-bond donors (Lipinski definition) is 0. The first-order chi connectivity index (χ1) is 8.46. The monoisotopic (exact) mass is 256 g/mol. The van der Waals surface area contributed by atoms with E-state index in [0.717, 1.165) is 0 Å². The van der Waals surface area contributed by atoms with E-state index in [1.54, 1.807) is 12.3 Å². The number of halogens is 2. The van der Waals surface area contributed by atoms with E-state index in [9.17, 15) is 8.78 Å². The molecule has 0 amide bonds. The summed E-state index contributed by atoms with van der Waals surface area (Å²) in [5.41, 5.74) is 0. The predicted octanol–water partition coefficient (Wildman–Crippen LogP) is 3.56. The second-order valence-corrected chi connectivity index (χ2v) is 5.10. The molecule has 2 rings (SSSR count). The van der Waals surface area contributed by atoms with Crippen molar-refractivity contribution < 1.29 is 13.5 Å². The third kappa shape index (κ3) is 3.37. The Labute approximate surface area is 106 Å². The zero-order valence-corrected chi connectivity index (χ0v) is 10.7. The summed E-state index contributed by atoms with van der Waals surface area (Å²) in [6.45, 7) is 3.96. The van der Waals surface area contributed by atoms with Crippen LogP contribution in [0, 0.1) is 0 Å². The fourth-order valence-corrected chi connectivity index (χ4v) is 2.10. The second kappa shape index (κ2) is 5.16. The Bertz CT molecular complexity index is 410. The maximum atomic E-state index is 13.3. The predicted molar refractivity (Wildman–Crippen MR) is 64.0 cm³/mol. The first kappa shape index (κ1) is 13.2. The van der Waals surface area contributed by atoms with Crippen LogP contribution in [0.3, 0.4) is 0 Å². The molecule has 0 unspecified atom stereocenters. The molecule has 1 fully saturated rings. The van der Waals surface area contributed by atoms with Gasteiger partial charge in [0.2, 0.25) is 5.88 Å². The molecule has 1 aliphatic rings. The lowest BCUT2D eigenvalue weighted by molar-refractivity contribution is -0.0703. The molecule has 0 spiro atoms. The highest BCUT2D eigenvalue weighted by Crippen LogP contribution is 2.34. The van der Waals surface area contributed by atoms with Crippen molar-refractivity contribution in [2.45, 2.75) is 57.5 Å². The zero-order chi connectivity index (χ0) is 13.2. The molecule has 0 saturated heterocycles. The summed E-state index contributed by atoms with van der Waals surface area (Å²) in [5, 5.41) is 0. The Morgan fingerprint density at radius 3 is 2.89 bits per heavy atom. The molecule has 5 heteroatoms. The number of hydrogen-bond acceptors (Lipinski definition) is 3. The van der Waals surface area contributed by atoms with Crippen LogP contribution in [0.2, 0.25) is 0 Å². The Balaban J connectivity index is 2.03. The van der Waals surface area contributed by atoms with Crippen LogP contribution in [0.25, 0.3) is 0 Å². The van der Waals surface area contributed by atoms with E-state index in [1.807, 2.05) is 13.8 Å². The van der Waals surface area contributed by atoms with Crippen molar-refractivity contribution in [3.05, 3.63) is 18.1 Å². The Morgan fingerprint density at radius 1 is 1.44 bits per heavy atom. The highest BCUT2D eigenvalue weighted by atomic mass is 19.3. The average Bonchev–Trinajstić information content (AvgIpc) is 2.28. The van der Waals surface area contributed by atoms with Crippen molar-refractivity contribution in [1.82, 2.24) is 9.97 Å². The van der Waals surface area contributed by atoms with Crippen LogP contribution in [-0.4, -0.2) is 22.0 Å². The second-order valence-electron chi connectivity index (χ2n) is 5.10. The van der Waals surface area contributed by atoms with Gasteiger partial charge < -0.3 is 4.74 Å². The molecule has 0 aliphatic heterocycles. The standard InChI is InChI=1S/C13H18F2N2O/c1-9(2)12-16-7-5-11(17-12)18-10-4-3-6-13(14,15)8-10/h5,7,9-10H,3-4,6,8H2,1-2H3/t10-/m0/s1. The molecule has 1 atom stereocenters. The summed E-state index contributed by atoms with van der Waals surface area (Å²) in [7, 11) is 0. The lowest BCUT2D eigenvalue weighted by Gasteiger charge is -2.28. The van der Waals surface area contributed by atoms with E-state index >= 15 is 0 Å². The van der Waals surface area contributed by atoms with E-state index in [0.29, 0.717) is 24.5 Å². The van der Waals surface area contributed by atoms with E-state index in [1.165, 1.54) is 0 Å². The highest BCUT2D eigenvalue weighted by Gasteiger charge is 2.37. The summed E-state index contributed by atoms with van der Waals surface area (Å²) < 4.78 is 32.1. The highest BCUT2D eigenvalue weighted by molar-refractivity contribution is 5.10. The molecule has 1 aromatic rings. The summed E-state index contributed by atoms with van der Waals surface area (Å²) >= 11 is 0. The van der Waals surface area contributed by atoms with Crippen LogP contribution >= 0.6 is 0 Å². The first-order valence-electron chi connectivity index (χ1n) is 6.34. The van der Waals surface area contributed by atoms with Gasteiger partial charge in [0.1, 0.15) is 11.9 Å². The van der Waals surface area contributed by atoms with Gasteiger partial charge in [-0.15, -0.1) is 0 Å². The van der Waals surface area contributed by atoms with Crippen molar-refractivity contribution in [2.75, 3.05) is 0 Å². The van der Waals surface area contributed by atoms with Gasteiger partial charge in [-0.05, 0) is 12.8 Å². The van der Waals surface area contributed by atoms with E-state index < -0.39 is 12.0 Å². The summed E-state index contributed by atoms with van der Waals surface area (Å²) in [5.74, 6) is -1.33. The van der Waals surface area contributed by atoms with Gasteiger partial charge in [0.25, 0.3) is 5.92 Å². The van der Waals surface area contributed by atoms with Crippen molar-refractivity contribution in [2.24, 2.45) is 0 Å². The van der Waals surface area contributed by atoms with Crippen molar-refractivity contribution in [3.63, 3.8) is 0 Å². The Kier molecular flexibility index (Phi) is 3.78. The van der Waals surface area contributed by atoms with Crippen molar-refractivity contribution in [1.29, 1.82) is 0 Å². The molecular weight excluding hydrogens is 238 g/mol. The molecule has 0 N–H and O–H groups in total. The molecular formula is C13H18F2N2O. The third-order valence-electron chi connectivity index (χ3n) is 3.05. The number of rotatable bonds is 3. The maximum absolute atomic E-state index is 13.3. The van der Waals surface area contributed by atoms with Crippen LogP contribution in [0.4, 0.5) is 8.78 Å². The minimum absolute atomic E-state index is 0.0339. The SMILES string of the molecule is CC(C)c1nccc(O[C@H]2CCCC(F)(F)C2)n1. The number of ether oxygens (including phenoxy) is 1.